The zero-order chi connectivity index (χ0) is 23.4. The van der Waals surface area contributed by atoms with Crippen LogP contribution in [0, 0.1) is 0 Å². The van der Waals surface area contributed by atoms with Crippen LogP contribution in [0.5, 0.6) is 5.75 Å². The van der Waals surface area contributed by atoms with E-state index in [1.165, 1.54) is 18.0 Å². The third kappa shape index (κ3) is 4.87. The maximum absolute atomic E-state index is 13.8. The molecule has 0 bridgehead atoms. The number of halogens is 2. The Bertz CT molecular complexity index is 1140. The molecule has 0 radical (unpaired) electrons. The number of carbonyl (C=O) groups is 1. The number of nitrogens with one attached hydrogen (secondary N) is 4. The van der Waals surface area contributed by atoms with E-state index in [-0.39, 0.29) is 29.0 Å². The standard InChI is InChI=1S/C22H22F2N6O2S/c1-32-18-10-6-5-9-15(18)27-22(33)29-28-21(31)14-12-25-30-17(19(23)24)11-16(26-20(14)30)13-7-3-2-4-8-13/h2-10,12,16-17,19,26H,11H2,1H3,(H,28,31)(H2,27,29,33)/t16-,17+/m1/s1. The van der Waals surface area contributed by atoms with Gasteiger partial charge in [-0.15, -0.1) is 0 Å². The van der Waals surface area contributed by atoms with Crippen molar-refractivity contribution < 1.29 is 18.3 Å². The van der Waals surface area contributed by atoms with E-state index in [2.05, 4.69) is 26.6 Å². The summed E-state index contributed by atoms with van der Waals surface area (Å²) >= 11 is 5.22. The molecule has 8 nitrogen and oxygen atoms in total. The SMILES string of the molecule is COc1ccccc1NC(=S)NNC(=O)c1cnn2c1N[C@@H](c1ccccc1)C[C@H]2C(F)F. The molecule has 11 heteroatoms. The number of amides is 1. The average Bonchev–Trinajstić information content (AvgIpc) is 3.27. The second kappa shape index (κ2) is 9.82. The number of para-hydroxylation sites is 2. The van der Waals surface area contributed by atoms with Gasteiger partial charge in [-0.1, -0.05) is 42.5 Å². The first kappa shape index (κ1) is 22.5. The zero-order valence-corrected chi connectivity index (χ0v) is 18.4. The minimum Gasteiger partial charge on any atom is -0.495 e. The molecular weight excluding hydrogens is 450 g/mol. The lowest BCUT2D eigenvalue weighted by molar-refractivity contribution is 0.0656. The van der Waals surface area contributed by atoms with Crippen molar-refractivity contribution in [3.63, 3.8) is 0 Å². The molecule has 33 heavy (non-hydrogen) atoms. The van der Waals surface area contributed by atoms with Gasteiger partial charge in [0.2, 0.25) is 0 Å². The topological polar surface area (TPSA) is 92.2 Å². The summed E-state index contributed by atoms with van der Waals surface area (Å²) in [5.41, 5.74) is 6.66. The largest absolute Gasteiger partial charge is 0.495 e. The lowest BCUT2D eigenvalue weighted by Crippen LogP contribution is -2.44. The van der Waals surface area contributed by atoms with Crippen molar-refractivity contribution in [3.05, 3.63) is 71.9 Å². The summed E-state index contributed by atoms with van der Waals surface area (Å²) < 4.78 is 34.0. The van der Waals surface area contributed by atoms with Crippen molar-refractivity contribution in [3.8, 4) is 5.75 Å². The molecule has 1 aliphatic rings. The van der Waals surface area contributed by atoms with Crippen LogP contribution in [0.25, 0.3) is 0 Å². The zero-order valence-electron chi connectivity index (χ0n) is 17.6. The number of hydrogen-bond acceptors (Lipinski definition) is 5. The number of hydrogen-bond donors (Lipinski definition) is 4. The first-order chi connectivity index (χ1) is 16.0. The number of ether oxygens (including phenoxy) is 1. The van der Waals surface area contributed by atoms with Crippen LogP contribution in [-0.4, -0.2) is 34.3 Å². The summed E-state index contributed by atoms with van der Waals surface area (Å²) in [6, 6.07) is 14.8. The van der Waals surface area contributed by atoms with Crippen molar-refractivity contribution in [1.29, 1.82) is 0 Å². The Labute approximate surface area is 194 Å². The molecule has 0 aliphatic carbocycles. The van der Waals surface area contributed by atoms with E-state index >= 15 is 0 Å². The van der Waals surface area contributed by atoms with Crippen LogP contribution in [0.3, 0.4) is 0 Å². The second-order valence-corrected chi connectivity index (χ2v) is 7.74. The van der Waals surface area contributed by atoms with Crippen molar-refractivity contribution in [2.75, 3.05) is 17.7 Å². The molecule has 2 atom stereocenters. The van der Waals surface area contributed by atoms with E-state index in [4.69, 9.17) is 17.0 Å². The third-order valence-corrected chi connectivity index (χ3v) is 5.48. The fourth-order valence-electron chi connectivity index (χ4n) is 3.69. The van der Waals surface area contributed by atoms with Gasteiger partial charge in [0.15, 0.2) is 5.11 Å². The van der Waals surface area contributed by atoms with Gasteiger partial charge >= 0.3 is 0 Å². The number of aromatic nitrogens is 2. The molecule has 1 aromatic heterocycles. The molecule has 0 unspecified atom stereocenters. The maximum atomic E-state index is 13.8. The number of carbonyl (C=O) groups excluding carboxylic acids is 1. The van der Waals surface area contributed by atoms with Gasteiger partial charge in [-0.2, -0.15) is 5.10 Å². The first-order valence-electron chi connectivity index (χ1n) is 10.2. The predicted molar refractivity (Wildman–Crippen MR) is 125 cm³/mol. The van der Waals surface area contributed by atoms with Gasteiger partial charge in [0, 0.05) is 0 Å². The molecule has 2 aromatic carbocycles. The van der Waals surface area contributed by atoms with Crippen molar-refractivity contribution in [2.45, 2.75) is 24.9 Å². The number of hydrazine groups is 1. The van der Waals surface area contributed by atoms with E-state index in [9.17, 15) is 13.6 Å². The normalized spacial score (nSPS) is 17.0. The van der Waals surface area contributed by atoms with Crippen LogP contribution in [0.1, 0.15) is 34.4 Å². The van der Waals surface area contributed by atoms with Crippen LogP contribution < -0.4 is 26.2 Å². The quantitative estimate of drug-likeness (QED) is 0.331. The number of thiocarbonyl (C=S) groups is 1. The summed E-state index contributed by atoms with van der Waals surface area (Å²) in [5, 5.41) is 10.3. The van der Waals surface area contributed by atoms with E-state index in [1.54, 1.807) is 18.2 Å². The highest BCUT2D eigenvalue weighted by molar-refractivity contribution is 7.80. The number of alkyl halides is 2. The fourth-order valence-corrected chi connectivity index (χ4v) is 3.85. The molecule has 0 saturated carbocycles. The molecule has 4 N–H and O–H groups in total. The Kier molecular flexibility index (Phi) is 6.68. The fraction of sp³-hybridized carbons (Fsp3) is 0.227. The summed E-state index contributed by atoms with van der Waals surface area (Å²) in [6.07, 6.45) is -1.23. The summed E-state index contributed by atoms with van der Waals surface area (Å²) in [4.78, 5) is 12.8. The molecular formula is C22H22F2N6O2S. The number of nitrogens with zero attached hydrogens (tertiary/aromatic N) is 2. The minimum absolute atomic E-state index is 0.119. The predicted octanol–water partition coefficient (Wildman–Crippen LogP) is 3.89. The summed E-state index contributed by atoms with van der Waals surface area (Å²) in [6.45, 7) is 0. The molecule has 4 rings (SSSR count). The smallest absolute Gasteiger partial charge is 0.275 e. The van der Waals surface area contributed by atoms with Gasteiger partial charge in [-0.05, 0) is 36.3 Å². The van der Waals surface area contributed by atoms with Crippen LogP contribution in [0.15, 0.2) is 60.8 Å². The van der Waals surface area contributed by atoms with E-state index in [0.29, 0.717) is 11.4 Å². The highest BCUT2D eigenvalue weighted by atomic mass is 32.1. The maximum Gasteiger partial charge on any atom is 0.275 e. The Hall–Kier alpha value is -3.73. The van der Waals surface area contributed by atoms with Gasteiger partial charge in [-0.25, -0.2) is 13.5 Å². The van der Waals surface area contributed by atoms with Crippen LogP contribution in [-0.2, 0) is 0 Å². The van der Waals surface area contributed by atoms with E-state index in [0.717, 1.165) is 5.56 Å². The van der Waals surface area contributed by atoms with Gasteiger partial charge in [-0.3, -0.25) is 15.6 Å². The molecule has 172 valence electrons. The van der Waals surface area contributed by atoms with Gasteiger partial charge in [0.25, 0.3) is 12.3 Å². The first-order valence-corrected chi connectivity index (χ1v) is 10.6. The van der Waals surface area contributed by atoms with Gasteiger partial charge in [0.05, 0.1) is 25.0 Å². The highest BCUT2D eigenvalue weighted by Crippen LogP contribution is 2.39. The Balaban J connectivity index is 1.48. The molecule has 0 saturated heterocycles. The number of benzene rings is 2. The number of rotatable bonds is 5. The average molecular weight is 473 g/mol. The summed E-state index contributed by atoms with van der Waals surface area (Å²) in [7, 11) is 1.53. The van der Waals surface area contributed by atoms with Crippen LogP contribution in [0.2, 0.25) is 0 Å². The highest BCUT2D eigenvalue weighted by Gasteiger charge is 2.36. The monoisotopic (exact) mass is 472 g/mol. The molecule has 0 spiro atoms. The number of fused-ring (bicyclic) bond motifs is 1. The van der Waals surface area contributed by atoms with Crippen molar-refractivity contribution >= 4 is 34.7 Å². The minimum atomic E-state index is -2.64. The number of anilines is 2. The Morgan fingerprint density at radius 3 is 2.64 bits per heavy atom. The van der Waals surface area contributed by atoms with Crippen molar-refractivity contribution in [2.24, 2.45) is 0 Å². The van der Waals surface area contributed by atoms with Gasteiger partial charge < -0.3 is 15.4 Å². The Morgan fingerprint density at radius 1 is 1.18 bits per heavy atom. The molecule has 0 fully saturated rings. The van der Waals surface area contributed by atoms with Crippen LogP contribution >= 0.6 is 12.2 Å². The second-order valence-electron chi connectivity index (χ2n) is 7.33. The number of methoxy groups -OCH3 is 1. The lowest BCUT2D eigenvalue weighted by atomic mass is 9.97. The van der Waals surface area contributed by atoms with E-state index in [1.807, 2.05) is 36.4 Å². The molecule has 1 amide bonds. The van der Waals surface area contributed by atoms with Crippen LogP contribution in [0.4, 0.5) is 20.3 Å². The molecule has 1 aliphatic heterocycles. The van der Waals surface area contributed by atoms with Gasteiger partial charge in [0.1, 0.15) is 23.2 Å². The summed E-state index contributed by atoms with van der Waals surface area (Å²) in [5.74, 6) is 0.228. The lowest BCUT2D eigenvalue weighted by Gasteiger charge is -2.32. The molecule has 2 heterocycles. The Morgan fingerprint density at radius 2 is 1.91 bits per heavy atom. The third-order valence-electron chi connectivity index (χ3n) is 5.28. The van der Waals surface area contributed by atoms with Crippen molar-refractivity contribution in [1.82, 2.24) is 20.6 Å². The molecule has 3 aromatic rings. The van der Waals surface area contributed by atoms with E-state index < -0.39 is 18.4 Å².